The number of para-hydroxylation sites is 2. The maximum atomic E-state index is 11.9. The molecule has 0 bridgehead atoms. The number of hydrogen-bond acceptors (Lipinski definition) is 8. The summed E-state index contributed by atoms with van der Waals surface area (Å²) in [5, 5.41) is 9.31. The molecule has 0 spiro atoms. The molecule has 27 heavy (non-hydrogen) atoms. The van der Waals surface area contributed by atoms with Gasteiger partial charge in [-0.05, 0) is 24.3 Å². The van der Waals surface area contributed by atoms with Crippen LogP contribution in [0.5, 0.6) is 23.5 Å². The maximum Gasteiger partial charge on any atom is 0.331 e. The summed E-state index contributed by atoms with van der Waals surface area (Å²) in [6, 6.07) is 19.2. The summed E-state index contributed by atoms with van der Waals surface area (Å²) in [7, 11) is 1.18. The van der Waals surface area contributed by atoms with Crippen molar-refractivity contribution in [3.05, 3.63) is 66.5 Å². The average molecular weight is 362 g/mol. The van der Waals surface area contributed by atoms with Gasteiger partial charge in [0.25, 0.3) is 0 Å². The first-order valence-corrected chi connectivity index (χ1v) is 7.89. The van der Waals surface area contributed by atoms with Crippen molar-refractivity contribution >= 4 is 5.97 Å². The molecule has 0 fully saturated rings. The molecule has 0 aliphatic carbocycles. The molecule has 0 aliphatic rings. The summed E-state index contributed by atoms with van der Waals surface area (Å²) in [5.41, 5.74) is 0. The van der Waals surface area contributed by atoms with Crippen molar-refractivity contribution < 1.29 is 19.0 Å². The first kappa shape index (κ1) is 17.8. The van der Waals surface area contributed by atoms with Crippen molar-refractivity contribution in [1.29, 1.82) is 5.26 Å². The van der Waals surface area contributed by atoms with Crippen LogP contribution in [0.4, 0.5) is 0 Å². The van der Waals surface area contributed by atoms with Gasteiger partial charge in [-0.1, -0.05) is 36.4 Å². The Kier molecular flexibility index (Phi) is 5.54. The molecule has 1 atom stereocenters. The highest BCUT2D eigenvalue weighted by Crippen LogP contribution is 2.24. The highest BCUT2D eigenvalue weighted by atomic mass is 16.5. The van der Waals surface area contributed by atoms with Gasteiger partial charge >= 0.3 is 18.0 Å². The van der Waals surface area contributed by atoms with Gasteiger partial charge in [-0.25, -0.2) is 0 Å². The van der Waals surface area contributed by atoms with Crippen LogP contribution in [0.1, 0.15) is 11.7 Å². The fourth-order valence-electron chi connectivity index (χ4n) is 2.09. The highest BCUT2D eigenvalue weighted by molar-refractivity contribution is 5.80. The van der Waals surface area contributed by atoms with Crippen molar-refractivity contribution in [2.24, 2.45) is 0 Å². The molecule has 3 rings (SSSR count). The molecule has 134 valence electrons. The van der Waals surface area contributed by atoms with Gasteiger partial charge in [0.15, 0.2) is 5.82 Å². The second-order valence-corrected chi connectivity index (χ2v) is 5.17. The van der Waals surface area contributed by atoms with E-state index in [-0.39, 0.29) is 17.8 Å². The number of nitrogens with zero attached hydrogens (tertiary/aromatic N) is 4. The number of methoxy groups -OCH3 is 1. The number of carbonyl (C=O) groups is 1. The zero-order chi connectivity index (χ0) is 19.1. The number of nitriles is 1. The van der Waals surface area contributed by atoms with Gasteiger partial charge in [0.1, 0.15) is 11.5 Å². The van der Waals surface area contributed by atoms with E-state index in [0.717, 1.165) is 0 Å². The summed E-state index contributed by atoms with van der Waals surface area (Å²) >= 11 is 0. The van der Waals surface area contributed by atoms with Crippen LogP contribution < -0.4 is 9.47 Å². The van der Waals surface area contributed by atoms with Crippen molar-refractivity contribution in [2.75, 3.05) is 7.11 Å². The summed E-state index contributed by atoms with van der Waals surface area (Å²) in [4.78, 5) is 24.1. The number of hydrogen-bond donors (Lipinski definition) is 0. The summed E-state index contributed by atoms with van der Waals surface area (Å²) < 4.78 is 15.8. The Hall–Kier alpha value is -3.99. The van der Waals surface area contributed by atoms with Crippen molar-refractivity contribution in [3.63, 3.8) is 0 Å². The first-order chi connectivity index (χ1) is 13.2. The van der Waals surface area contributed by atoms with E-state index in [1.165, 1.54) is 7.11 Å². The molecule has 1 aromatic heterocycles. The molecule has 3 aromatic rings. The van der Waals surface area contributed by atoms with Crippen LogP contribution in [0.15, 0.2) is 60.7 Å². The van der Waals surface area contributed by atoms with Gasteiger partial charge in [0.05, 0.1) is 13.2 Å². The SMILES string of the molecule is COC(=O)C(C#N)c1nc(Oc2ccccc2)nc(Oc2ccccc2)n1. The van der Waals surface area contributed by atoms with E-state index in [9.17, 15) is 10.1 Å². The van der Waals surface area contributed by atoms with Crippen LogP contribution in [-0.2, 0) is 9.53 Å². The number of carbonyl (C=O) groups excluding carboxylic acids is 1. The van der Waals surface area contributed by atoms with Crippen LogP contribution in [0.25, 0.3) is 0 Å². The third kappa shape index (κ3) is 4.55. The maximum absolute atomic E-state index is 11.9. The Balaban J connectivity index is 1.99. The monoisotopic (exact) mass is 362 g/mol. The van der Waals surface area contributed by atoms with Gasteiger partial charge in [-0.15, -0.1) is 4.98 Å². The minimum absolute atomic E-state index is 0.110. The molecule has 8 heteroatoms. The Morgan fingerprint density at radius 3 is 1.78 bits per heavy atom. The second kappa shape index (κ2) is 8.40. The number of rotatable bonds is 6. The first-order valence-electron chi connectivity index (χ1n) is 7.89. The lowest BCUT2D eigenvalue weighted by molar-refractivity contribution is -0.141. The third-order valence-corrected chi connectivity index (χ3v) is 3.34. The molecule has 0 N–H and O–H groups in total. The molecule has 1 heterocycles. The van der Waals surface area contributed by atoms with Crippen LogP contribution in [0.3, 0.4) is 0 Å². The lowest BCUT2D eigenvalue weighted by atomic mass is 10.1. The molecule has 1 unspecified atom stereocenters. The van der Waals surface area contributed by atoms with Gasteiger partial charge in [0, 0.05) is 0 Å². The Bertz CT molecular complexity index is 899. The lowest BCUT2D eigenvalue weighted by Crippen LogP contribution is -2.16. The molecule has 8 nitrogen and oxygen atoms in total. The van der Waals surface area contributed by atoms with Crippen molar-refractivity contribution in [3.8, 4) is 29.6 Å². The number of benzene rings is 2. The predicted octanol–water partition coefficient (Wildman–Crippen LogP) is 3.24. The zero-order valence-electron chi connectivity index (χ0n) is 14.3. The number of esters is 1. The van der Waals surface area contributed by atoms with E-state index in [2.05, 4.69) is 19.7 Å². The van der Waals surface area contributed by atoms with Gasteiger partial charge in [0.2, 0.25) is 5.92 Å². The zero-order valence-corrected chi connectivity index (χ0v) is 14.3. The standard InChI is InChI=1S/C19H14N4O4/c1-25-17(24)15(12-20)16-21-18(26-13-8-4-2-5-9-13)23-19(22-16)27-14-10-6-3-7-11-14/h2-11,15H,1H3. The summed E-state index contributed by atoms with van der Waals surface area (Å²) in [6.45, 7) is 0. The molecular formula is C19H14N4O4. The normalized spacial score (nSPS) is 11.1. The van der Waals surface area contributed by atoms with E-state index in [4.69, 9.17) is 9.47 Å². The van der Waals surface area contributed by atoms with Gasteiger partial charge in [-0.3, -0.25) is 4.79 Å². The fraction of sp³-hybridized carbons (Fsp3) is 0.105. The number of aromatic nitrogens is 3. The quantitative estimate of drug-likeness (QED) is 0.615. The van der Waals surface area contributed by atoms with Gasteiger partial charge < -0.3 is 14.2 Å². The molecule has 0 saturated carbocycles. The molecule has 0 amide bonds. The Morgan fingerprint density at radius 1 is 0.889 bits per heavy atom. The number of ether oxygens (including phenoxy) is 3. The Morgan fingerprint density at radius 2 is 1.37 bits per heavy atom. The van der Waals surface area contributed by atoms with E-state index in [1.54, 1.807) is 48.5 Å². The smallest absolute Gasteiger partial charge is 0.331 e. The van der Waals surface area contributed by atoms with E-state index in [0.29, 0.717) is 11.5 Å². The largest absolute Gasteiger partial charge is 0.468 e. The average Bonchev–Trinajstić information content (AvgIpc) is 2.70. The lowest BCUT2D eigenvalue weighted by Gasteiger charge is -2.10. The molecule has 0 saturated heterocycles. The fourth-order valence-corrected chi connectivity index (χ4v) is 2.09. The highest BCUT2D eigenvalue weighted by Gasteiger charge is 2.26. The minimum Gasteiger partial charge on any atom is -0.468 e. The van der Waals surface area contributed by atoms with Gasteiger partial charge in [-0.2, -0.15) is 15.2 Å². The topological polar surface area (TPSA) is 107 Å². The third-order valence-electron chi connectivity index (χ3n) is 3.34. The van der Waals surface area contributed by atoms with E-state index in [1.807, 2.05) is 18.2 Å². The second-order valence-electron chi connectivity index (χ2n) is 5.17. The predicted molar refractivity (Wildman–Crippen MR) is 93.2 cm³/mol. The summed E-state index contributed by atoms with van der Waals surface area (Å²) in [6.07, 6.45) is 0. The van der Waals surface area contributed by atoms with Crippen LogP contribution in [-0.4, -0.2) is 28.0 Å². The minimum atomic E-state index is -1.34. The van der Waals surface area contributed by atoms with Crippen molar-refractivity contribution in [1.82, 2.24) is 15.0 Å². The Labute approximate surface area is 155 Å². The van der Waals surface area contributed by atoms with Crippen LogP contribution >= 0.6 is 0 Å². The van der Waals surface area contributed by atoms with E-state index < -0.39 is 11.9 Å². The van der Waals surface area contributed by atoms with Crippen molar-refractivity contribution in [2.45, 2.75) is 5.92 Å². The molecule has 0 aliphatic heterocycles. The molecule has 0 radical (unpaired) electrons. The molecular weight excluding hydrogens is 348 g/mol. The van der Waals surface area contributed by atoms with Crippen LogP contribution in [0, 0.1) is 11.3 Å². The molecule has 2 aromatic carbocycles. The summed E-state index contributed by atoms with van der Waals surface area (Å²) in [5.74, 6) is -1.30. The van der Waals surface area contributed by atoms with E-state index >= 15 is 0 Å². The van der Waals surface area contributed by atoms with Crippen LogP contribution in [0.2, 0.25) is 0 Å².